The molecule has 11 heteroatoms. The van der Waals surface area contributed by atoms with Crippen LogP contribution in [0.4, 0.5) is 4.79 Å². The quantitative estimate of drug-likeness (QED) is 0.201. The maximum atomic E-state index is 14.3. The molecule has 0 spiro atoms. The van der Waals surface area contributed by atoms with Crippen LogP contribution in [-0.4, -0.2) is 83.4 Å². The van der Waals surface area contributed by atoms with Crippen LogP contribution < -0.4 is 0 Å². The number of ether oxygens (including phenoxy) is 4. The highest BCUT2D eigenvalue weighted by molar-refractivity contribution is 9.11. The Morgan fingerprint density at radius 3 is 2.23 bits per heavy atom. The highest BCUT2D eigenvalue weighted by Crippen LogP contribution is 2.38. The van der Waals surface area contributed by atoms with E-state index in [9.17, 15) is 24.6 Å². The summed E-state index contributed by atoms with van der Waals surface area (Å²) < 4.78 is 23.0. The minimum atomic E-state index is -1.92. The minimum Gasteiger partial charge on any atom is -0.447 e. The van der Waals surface area contributed by atoms with Gasteiger partial charge in [-0.3, -0.25) is 9.59 Å². The molecule has 2 N–H and O–H groups in total. The summed E-state index contributed by atoms with van der Waals surface area (Å²) in [5.41, 5.74) is 2.67. The van der Waals surface area contributed by atoms with E-state index in [1.54, 1.807) is 0 Å². The van der Waals surface area contributed by atoms with Crippen molar-refractivity contribution in [3.63, 3.8) is 0 Å². The topological polar surface area (TPSA) is 132 Å². The lowest BCUT2D eigenvalue weighted by Crippen LogP contribution is -2.53. The molecule has 3 aromatic rings. The first-order valence-electron chi connectivity index (χ1n) is 16.0. The molecule has 5 atom stereocenters. The van der Waals surface area contributed by atoms with Gasteiger partial charge in [-0.1, -0.05) is 91.0 Å². The number of imide groups is 1. The van der Waals surface area contributed by atoms with E-state index in [0.717, 1.165) is 21.6 Å². The number of aliphatic hydroxyl groups excluding tert-OH is 1. The van der Waals surface area contributed by atoms with Crippen molar-refractivity contribution in [2.75, 3.05) is 26.4 Å². The zero-order chi connectivity index (χ0) is 33.9. The van der Waals surface area contributed by atoms with Gasteiger partial charge in [0, 0.05) is 13.0 Å². The molecule has 0 radical (unpaired) electrons. The minimum absolute atomic E-state index is 0.0286. The second kappa shape index (κ2) is 17.1. The van der Waals surface area contributed by atoms with Crippen LogP contribution in [0.5, 0.6) is 0 Å². The molecule has 48 heavy (non-hydrogen) atoms. The third-order valence-electron chi connectivity index (χ3n) is 8.38. The zero-order valence-electron chi connectivity index (χ0n) is 26.5. The number of amides is 2. The van der Waals surface area contributed by atoms with Crippen molar-refractivity contribution in [1.29, 1.82) is 0 Å². The molecule has 10 nitrogen and oxygen atoms in total. The number of aliphatic hydroxyl groups is 2. The molecule has 2 heterocycles. The van der Waals surface area contributed by atoms with Gasteiger partial charge in [0.25, 0.3) is 0 Å². The zero-order valence-corrected chi connectivity index (χ0v) is 28.1. The van der Waals surface area contributed by atoms with Crippen LogP contribution in [0.1, 0.15) is 29.5 Å². The van der Waals surface area contributed by atoms with Gasteiger partial charge in [0.05, 0.1) is 36.3 Å². The molecule has 2 aliphatic rings. The van der Waals surface area contributed by atoms with E-state index in [4.69, 9.17) is 18.9 Å². The molecular formula is C37H40BrNO9. The number of rotatable bonds is 16. The largest absolute Gasteiger partial charge is 0.447 e. The number of carbonyl (C=O) groups excluding carboxylic acids is 3. The van der Waals surface area contributed by atoms with Gasteiger partial charge in [0.2, 0.25) is 5.91 Å². The van der Waals surface area contributed by atoms with E-state index in [1.165, 1.54) is 6.08 Å². The third-order valence-corrected chi connectivity index (χ3v) is 9.23. The van der Waals surface area contributed by atoms with Gasteiger partial charge in [-0.15, -0.1) is 0 Å². The van der Waals surface area contributed by atoms with Crippen molar-refractivity contribution in [3.05, 3.63) is 118 Å². The molecule has 0 bridgehead atoms. The van der Waals surface area contributed by atoms with Crippen molar-refractivity contribution in [1.82, 2.24) is 4.90 Å². The number of halogens is 1. The fourth-order valence-corrected chi connectivity index (χ4v) is 6.33. The number of nitrogens with zero attached hydrogens (tertiary/aromatic N) is 1. The Bertz CT molecular complexity index is 1540. The van der Waals surface area contributed by atoms with Crippen LogP contribution in [0.15, 0.2) is 102 Å². The number of benzene rings is 3. The summed E-state index contributed by atoms with van der Waals surface area (Å²) >= 11 is 3.30. The van der Waals surface area contributed by atoms with Gasteiger partial charge in [0.15, 0.2) is 11.6 Å². The lowest BCUT2D eigenvalue weighted by molar-refractivity contribution is -0.219. The fourth-order valence-electron chi connectivity index (χ4n) is 5.81. The molecule has 1 saturated heterocycles. The second-order valence-corrected chi connectivity index (χ2v) is 12.8. The lowest BCUT2D eigenvalue weighted by atomic mass is 9.87. The SMILES string of the molecule is O=C1C=C(Br)[C@](O)(CCCOC[C@@H](CO)OCc2ccccc2)O[C@@H]1[C@H](Cc1ccccc1)C(=O)N1C(=O)OC[C@H]1Cc1ccccc1. The Balaban J connectivity index is 1.25. The van der Waals surface area contributed by atoms with Crippen molar-refractivity contribution in [2.24, 2.45) is 5.92 Å². The van der Waals surface area contributed by atoms with Crippen molar-refractivity contribution < 1.29 is 43.5 Å². The molecule has 0 aromatic heterocycles. The Labute approximate surface area is 288 Å². The van der Waals surface area contributed by atoms with Gasteiger partial charge >= 0.3 is 6.09 Å². The summed E-state index contributed by atoms with van der Waals surface area (Å²) in [4.78, 5) is 41.8. The molecule has 2 aliphatic heterocycles. The molecule has 0 saturated carbocycles. The number of hydrogen-bond donors (Lipinski definition) is 2. The van der Waals surface area contributed by atoms with Crippen molar-refractivity contribution in [2.45, 2.75) is 56.3 Å². The normalized spacial score (nSPS) is 22.2. The van der Waals surface area contributed by atoms with Crippen molar-refractivity contribution in [3.8, 4) is 0 Å². The standard InChI is InChI=1S/C37H40BrNO9/c38-33-21-32(41)34(48-37(33,44)17-10-18-45-25-30(22-40)46-23-28-15-8-3-9-16-28)31(20-27-13-6-2-7-14-27)35(42)39-29(24-47-36(39)43)19-26-11-4-1-5-12-26/h1-9,11-16,21,29-31,34,40,44H,10,17-20,22-25H2/t29-,30-,31+,34-,37+/m1/s1. The number of hydrogen-bond acceptors (Lipinski definition) is 9. The predicted octanol–water partition coefficient (Wildman–Crippen LogP) is 4.75. The smallest absolute Gasteiger partial charge is 0.416 e. The van der Waals surface area contributed by atoms with Crippen LogP contribution in [0.2, 0.25) is 0 Å². The Kier molecular flexibility index (Phi) is 12.7. The number of carbonyl (C=O) groups is 3. The first-order valence-corrected chi connectivity index (χ1v) is 16.8. The summed E-state index contributed by atoms with van der Waals surface area (Å²) in [6, 6.07) is 27.7. The lowest BCUT2D eigenvalue weighted by Gasteiger charge is -2.38. The van der Waals surface area contributed by atoms with E-state index in [0.29, 0.717) is 19.4 Å². The van der Waals surface area contributed by atoms with Crippen LogP contribution in [0.25, 0.3) is 0 Å². The summed E-state index contributed by atoms with van der Waals surface area (Å²) in [5, 5.41) is 21.3. The first kappa shape index (κ1) is 35.6. The summed E-state index contributed by atoms with van der Waals surface area (Å²) in [5.74, 6) is -4.17. The molecule has 5 rings (SSSR count). The summed E-state index contributed by atoms with van der Waals surface area (Å²) in [6.45, 7) is 0.501. The van der Waals surface area contributed by atoms with E-state index in [-0.39, 0.29) is 43.8 Å². The highest BCUT2D eigenvalue weighted by Gasteiger charge is 2.49. The maximum absolute atomic E-state index is 14.3. The number of ketones is 1. The van der Waals surface area contributed by atoms with Crippen LogP contribution >= 0.6 is 15.9 Å². The summed E-state index contributed by atoms with van der Waals surface area (Å²) in [6.07, 6.45) is -0.595. The predicted molar refractivity (Wildman–Crippen MR) is 180 cm³/mol. The molecule has 0 unspecified atom stereocenters. The molecule has 2 amide bonds. The third kappa shape index (κ3) is 9.25. The summed E-state index contributed by atoms with van der Waals surface area (Å²) in [7, 11) is 0. The fraction of sp³-hybridized carbons (Fsp3) is 0.378. The molecule has 0 aliphatic carbocycles. The Morgan fingerprint density at radius 2 is 1.58 bits per heavy atom. The van der Waals surface area contributed by atoms with E-state index in [1.807, 2.05) is 91.0 Å². The average molecular weight is 723 g/mol. The first-order chi connectivity index (χ1) is 23.3. The average Bonchev–Trinajstić information content (AvgIpc) is 3.47. The molecule has 254 valence electrons. The van der Waals surface area contributed by atoms with Gasteiger partial charge < -0.3 is 29.2 Å². The monoisotopic (exact) mass is 721 g/mol. The van der Waals surface area contributed by atoms with Crippen molar-refractivity contribution >= 4 is 33.7 Å². The highest BCUT2D eigenvalue weighted by atomic mass is 79.9. The maximum Gasteiger partial charge on any atom is 0.416 e. The molecule has 1 fully saturated rings. The van der Waals surface area contributed by atoms with Gasteiger partial charge in [0.1, 0.15) is 18.8 Å². The van der Waals surface area contributed by atoms with E-state index in [2.05, 4.69) is 15.9 Å². The Hall–Kier alpha value is -3.71. The Morgan fingerprint density at radius 1 is 0.958 bits per heavy atom. The van der Waals surface area contributed by atoms with Gasteiger partial charge in [-0.25, -0.2) is 9.69 Å². The van der Waals surface area contributed by atoms with Crippen LogP contribution in [-0.2, 0) is 48.0 Å². The van der Waals surface area contributed by atoms with E-state index >= 15 is 0 Å². The second-order valence-electron chi connectivity index (χ2n) is 11.9. The van der Waals surface area contributed by atoms with Gasteiger partial charge in [-0.2, -0.15) is 0 Å². The molecule has 3 aromatic carbocycles. The number of cyclic esters (lactones) is 1. The van der Waals surface area contributed by atoms with Gasteiger partial charge in [-0.05, 0) is 58.0 Å². The van der Waals surface area contributed by atoms with E-state index < -0.39 is 47.7 Å². The molecular weight excluding hydrogens is 682 g/mol. The van der Waals surface area contributed by atoms with Crippen LogP contribution in [0.3, 0.4) is 0 Å². The van der Waals surface area contributed by atoms with Crippen LogP contribution in [0, 0.1) is 5.92 Å².